The molecule has 0 aromatic heterocycles. The maximum absolute atomic E-state index is 12.3. The number of thiol groups is 1. The largest absolute Gasteiger partial charge is 0.588 e. The van der Waals surface area contributed by atoms with Crippen LogP contribution in [0, 0.1) is 0 Å². The lowest BCUT2D eigenvalue weighted by Gasteiger charge is -2.12. The summed E-state index contributed by atoms with van der Waals surface area (Å²) in [5, 5.41) is 2.78. The molecule has 1 unspecified atom stereocenters. The quantitative estimate of drug-likeness (QED) is 0.305. The fourth-order valence-electron chi connectivity index (χ4n) is 2.23. The predicted molar refractivity (Wildman–Crippen MR) is 109 cm³/mol. The van der Waals surface area contributed by atoms with Gasteiger partial charge in [0.2, 0.25) is 0 Å². The van der Waals surface area contributed by atoms with Gasteiger partial charge in [-0.1, -0.05) is 18.2 Å². The normalized spacial score (nSPS) is 11.6. The Bertz CT molecular complexity index is 902. The lowest BCUT2D eigenvalue weighted by Crippen LogP contribution is -2.14. The lowest BCUT2D eigenvalue weighted by molar-refractivity contribution is 0.102. The third-order valence-corrected chi connectivity index (χ3v) is 5.13. The van der Waals surface area contributed by atoms with Crippen LogP contribution in [0.4, 0.5) is 17.1 Å². The van der Waals surface area contributed by atoms with E-state index < -0.39 is 11.4 Å². The molecule has 0 saturated carbocycles. The summed E-state index contributed by atoms with van der Waals surface area (Å²) < 4.78 is 15.2. The molecular formula is C19H17N3O2S2. The van der Waals surface area contributed by atoms with Gasteiger partial charge in [0.25, 0.3) is 5.91 Å². The summed E-state index contributed by atoms with van der Waals surface area (Å²) >= 11 is 2.80. The first kappa shape index (κ1) is 18.2. The minimum Gasteiger partial charge on any atom is -0.588 e. The SMILES string of the molecule is Nc1cc(C(=O)Nc2ccc([S+]([O-])Nc3ccccc3)cc2)ccc1S. The van der Waals surface area contributed by atoms with Crippen molar-refractivity contribution in [1.29, 1.82) is 0 Å². The predicted octanol–water partition coefficient (Wildman–Crippen LogP) is 3.94. The van der Waals surface area contributed by atoms with Gasteiger partial charge in [0, 0.05) is 21.8 Å². The topological polar surface area (TPSA) is 90.2 Å². The second-order valence-corrected chi connectivity index (χ2v) is 7.18. The van der Waals surface area contributed by atoms with E-state index in [4.69, 9.17) is 5.73 Å². The first-order chi connectivity index (χ1) is 12.5. The van der Waals surface area contributed by atoms with Gasteiger partial charge >= 0.3 is 0 Å². The molecule has 0 heterocycles. The van der Waals surface area contributed by atoms with Gasteiger partial charge in [0.05, 0.1) is 5.69 Å². The van der Waals surface area contributed by atoms with Crippen LogP contribution in [0.15, 0.2) is 82.6 Å². The van der Waals surface area contributed by atoms with E-state index in [-0.39, 0.29) is 5.91 Å². The van der Waals surface area contributed by atoms with Crippen molar-refractivity contribution >= 4 is 47.0 Å². The van der Waals surface area contributed by atoms with Crippen molar-refractivity contribution in [3.8, 4) is 0 Å². The molecule has 0 spiro atoms. The van der Waals surface area contributed by atoms with E-state index >= 15 is 0 Å². The van der Waals surface area contributed by atoms with E-state index in [1.807, 2.05) is 30.3 Å². The third-order valence-electron chi connectivity index (χ3n) is 3.60. The van der Waals surface area contributed by atoms with Crippen molar-refractivity contribution in [1.82, 2.24) is 0 Å². The van der Waals surface area contributed by atoms with Gasteiger partial charge in [-0.25, -0.2) is 4.72 Å². The standard InChI is InChI=1S/C19H17N3O2S2/c20-17-12-13(6-11-18(17)25)19(23)21-14-7-9-16(10-8-14)26(24)22-15-4-2-1-3-5-15/h1-12,22,25H,20H2,(H,21,23). The number of benzene rings is 3. The molecule has 5 nitrogen and oxygen atoms in total. The average molecular weight is 383 g/mol. The molecule has 3 rings (SSSR count). The van der Waals surface area contributed by atoms with Crippen molar-refractivity contribution in [2.24, 2.45) is 0 Å². The zero-order valence-electron chi connectivity index (χ0n) is 13.7. The molecule has 0 radical (unpaired) electrons. The molecule has 4 N–H and O–H groups in total. The van der Waals surface area contributed by atoms with Crippen molar-refractivity contribution < 1.29 is 9.35 Å². The Morgan fingerprint density at radius 2 is 1.65 bits per heavy atom. The fourth-order valence-corrected chi connectivity index (χ4v) is 3.22. The van der Waals surface area contributed by atoms with Crippen LogP contribution in [0.1, 0.15) is 10.4 Å². The molecule has 0 saturated heterocycles. The number of nitrogens with one attached hydrogen (secondary N) is 2. The number of carbonyl (C=O) groups is 1. The molecule has 132 valence electrons. The first-order valence-electron chi connectivity index (χ1n) is 7.76. The lowest BCUT2D eigenvalue weighted by atomic mass is 10.2. The van der Waals surface area contributed by atoms with Crippen LogP contribution in [-0.2, 0) is 11.4 Å². The summed E-state index contributed by atoms with van der Waals surface area (Å²) in [5.74, 6) is -0.277. The molecular weight excluding hydrogens is 366 g/mol. The van der Waals surface area contributed by atoms with Crippen molar-refractivity contribution in [3.63, 3.8) is 0 Å². The monoisotopic (exact) mass is 383 g/mol. The highest BCUT2D eigenvalue weighted by molar-refractivity contribution is 7.92. The van der Waals surface area contributed by atoms with E-state index in [1.54, 1.807) is 42.5 Å². The Labute approximate surface area is 160 Å². The van der Waals surface area contributed by atoms with E-state index in [0.29, 0.717) is 26.7 Å². The van der Waals surface area contributed by atoms with Gasteiger partial charge in [-0.3, -0.25) is 4.79 Å². The zero-order valence-corrected chi connectivity index (χ0v) is 15.4. The fraction of sp³-hybridized carbons (Fsp3) is 0. The maximum atomic E-state index is 12.3. The van der Waals surface area contributed by atoms with Crippen LogP contribution >= 0.6 is 12.6 Å². The molecule has 0 aliphatic heterocycles. The van der Waals surface area contributed by atoms with Gasteiger partial charge in [-0.2, -0.15) is 0 Å². The maximum Gasteiger partial charge on any atom is 0.255 e. The van der Waals surface area contributed by atoms with Crippen LogP contribution in [0.3, 0.4) is 0 Å². The van der Waals surface area contributed by atoms with Crippen molar-refractivity contribution in [2.45, 2.75) is 9.79 Å². The summed E-state index contributed by atoms with van der Waals surface area (Å²) in [6.07, 6.45) is 0. The molecule has 3 aromatic carbocycles. The summed E-state index contributed by atoms with van der Waals surface area (Å²) in [7, 11) is 0. The summed E-state index contributed by atoms with van der Waals surface area (Å²) in [6.45, 7) is 0. The smallest absolute Gasteiger partial charge is 0.255 e. The van der Waals surface area contributed by atoms with Gasteiger partial charge in [0.1, 0.15) is 11.4 Å². The Balaban J connectivity index is 1.65. The van der Waals surface area contributed by atoms with Crippen molar-refractivity contribution in [3.05, 3.63) is 78.4 Å². The van der Waals surface area contributed by atoms with Gasteiger partial charge in [-0.05, 0) is 54.6 Å². The molecule has 1 amide bonds. The second kappa shape index (κ2) is 8.18. The first-order valence-corrected chi connectivity index (χ1v) is 9.36. The Kier molecular flexibility index (Phi) is 5.72. The van der Waals surface area contributed by atoms with Crippen LogP contribution < -0.4 is 15.8 Å². The molecule has 7 heteroatoms. The van der Waals surface area contributed by atoms with Crippen molar-refractivity contribution in [2.75, 3.05) is 15.8 Å². The number of rotatable bonds is 5. The Morgan fingerprint density at radius 3 is 2.31 bits per heavy atom. The van der Waals surface area contributed by atoms with E-state index in [0.717, 1.165) is 5.69 Å². The zero-order chi connectivity index (χ0) is 18.5. The molecule has 26 heavy (non-hydrogen) atoms. The number of hydrogen-bond acceptors (Lipinski definition) is 5. The third kappa shape index (κ3) is 4.51. The molecule has 1 atom stereocenters. The number of nitrogens with two attached hydrogens (primary N) is 1. The number of anilines is 3. The van der Waals surface area contributed by atoms with Gasteiger partial charge in [-0.15, -0.1) is 12.6 Å². The van der Waals surface area contributed by atoms with E-state index in [9.17, 15) is 9.35 Å². The number of para-hydroxylation sites is 1. The number of hydrogen-bond donors (Lipinski definition) is 4. The molecule has 0 fully saturated rings. The van der Waals surface area contributed by atoms with Gasteiger partial charge < -0.3 is 15.6 Å². The average Bonchev–Trinajstić information content (AvgIpc) is 2.65. The Hall–Kier alpha value is -2.61. The highest BCUT2D eigenvalue weighted by atomic mass is 32.2. The number of carbonyl (C=O) groups excluding carboxylic acids is 1. The minimum absolute atomic E-state index is 0.277. The highest BCUT2D eigenvalue weighted by Gasteiger charge is 2.13. The molecule has 0 aliphatic rings. The van der Waals surface area contributed by atoms with Crippen LogP contribution in [0.5, 0.6) is 0 Å². The van der Waals surface area contributed by atoms with Gasteiger partial charge in [0.15, 0.2) is 4.90 Å². The molecule has 0 bridgehead atoms. The van der Waals surface area contributed by atoms with E-state index in [2.05, 4.69) is 22.7 Å². The summed E-state index contributed by atoms with van der Waals surface area (Å²) in [5.41, 5.74) is 8.03. The number of amides is 1. The summed E-state index contributed by atoms with van der Waals surface area (Å²) in [6, 6.07) is 21.0. The van der Waals surface area contributed by atoms with E-state index in [1.165, 1.54) is 0 Å². The van der Waals surface area contributed by atoms with Crippen LogP contribution in [-0.4, -0.2) is 10.5 Å². The Morgan fingerprint density at radius 1 is 0.962 bits per heavy atom. The minimum atomic E-state index is -1.38. The highest BCUT2D eigenvalue weighted by Crippen LogP contribution is 2.20. The number of nitrogen functional groups attached to an aromatic ring is 1. The van der Waals surface area contributed by atoms with Crippen LogP contribution in [0.25, 0.3) is 0 Å². The summed E-state index contributed by atoms with van der Waals surface area (Å²) in [4.78, 5) is 13.5. The molecule has 0 aliphatic carbocycles. The molecule has 3 aromatic rings. The van der Waals surface area contributed by atoms with Crippen LogP contribution in [0.2, 0.25) is 0 Å². The second-order valence-electron chi connectivity index (χ2n) is 5.49.